The molecule has 3 rings (SSSR count). The Balaban J connectivity index is 2.14. The van der Waals surface area contributed by atoms with Crippen LogP contribution in [0.3, 0.4) is 0 Å². The third-order valence-electron chi connectivity index (χ3n) is 3.34. The zero-order chi connectivity index (χ0) is 14.3. The molecular formula is C14H12ClFN2S2. The number of imidazole rings is 1. The molecule has 20 heavy (non-hydrogen) atoms. The van der Waals surface area contributed by atoms with Crippen molar-refractivity contribution in [2.75, 3.05) is 0 Å². The van der Waals surface area contributed by atoms with Gasteiger partial charge >= 0.3 is 0 Å². The van der Waals surface area contributed by atoms with Crippen molar-refractivity contribution in [3.05, 3.63) is 49.6 Å². The monoisotopic (exact) mass is 326 g/mol. The fourth-order valence-corrected chi connectivity index (χ4v) is 3.67. The highest BCUT2D eigenvalue weighted by atomic mass is 35.5. The number of benzene rings is 1. The van der Waals surface area contributed by atoms with Gasteiger partial charge in [-0.3, -0.25) is 0 Å². The van der Waals surface area contributed by atoms with Gasteiger partial charge in [0.15, 0.2) is 4.77 Å². The molecule has 0 saturated carbocycles. The summed E-state index contributed by atoms with van der Waals surface area (Å²) in [7, 11) is 0. The first-order chi connectivity index (χ1) is 9.60. The van der Waals surface area contributed by atoms with Gasteiger partial charge in [-0.1, -0.05) is 18.5 Å². The molecule has 0 atom stereocenters. The minimum absolute atomic E-state index is 0.103. The molecule has 1 N–H and O–H groups in total. The number of hydrogen-bond donors (Lipinski definition) is 1. The largest absolute Gasteiger partial charge is 0.331 e. The van der Waals surface area contributed by atoms with Gasteiger partial charge < -0.3 is 9.55 Å². The lowest BCUT2D eigenvalue weighted by Gasteiger charge is -2.05. The normalized spacial score (nSPS) is 11.3. The zero-order valence-corrected chi connectivity index (χ0v) is 13.1. The van der Waals surface area contributed by atoms with Crippen molar-refractivity contribution in [3.63, 3.8) is 0 Å². The molecule has 0 saturated heterocycles. The Morgan fingerprint density at radius 3 is 3.00 bits per heavy atom. The second-order valence-electron chi connectivity index (χ2n) is 4.52. The molecule has 3 aromatic rings. The Bertz CT molecular complexity index is 831. The molecule has 0 amide bonds. The standard InChI is InChI=1S/C14H12ClFN2S2/c1-2-8-3-4-20-13(8)7-18-12-6-10(16)9(15)5-11(12)17-14(18)19/h3-6H,2,7H2,1H3,(H,17,19). The number of aromatic nitrogens is 2. The third kappa shape index (κ3) is 2.30. The van der Waals surface area contributed by atoms with Crippen LogP contribution < -0.4 is 0 Å². The van der Waals surface area contributed by atoms with E-state index in [0.29, 0.717) is 11.3 Å². The SMILES string of the molecule is CCc1ccsc1Cn1c(=S)[nH]c2cc(Cl)c(F)cc21. The van der Waals surface area contributed by atoms with Gasteiger partial charge in [-0.2, -0.15) is 0 Å². The second kappa shape index (κ2) is 5.31. The Hall–Kier alpha value is -1.17. The number of thiophene rings is 1. The van der Waals surface area contributed by atoms with E-state index < -0.39 is 5.82 Å². The number of halogens is 2. The number of hydrogen-bond acceptors (Lipinski definition) is 2. The summed E-state index contributed by atoms with van der Waals surface area (Å²) in [4.78, 5) is 4.33. The number of aryl methyl sites for hydroxylation is 1. The van der Waals surface area contributed by atoms with Crippen LogP contribution >= 0.6 is 35.2 Å². The summed E-state index contributed by atoms with van der Waals surface area (Å²) in [5, 5.41) is 2.18. The lowest BCUT2D eigenvalue weighted by atomic mass is 10.2. The van der Waals surface area contributed by atoms with Crippen LogP contribution in [0.1, 0.15) is 17.4 Å². The Morgan fingerprint density at radius 2 is 2.25 bits per heavy atom. The fraction of sp³-hybridized carbons (Fsp3) is 0.214. The molecule has 2 aromatic heterocycles. The van der Waals surface area contributed by atoms with Crippen LogP contribution in [0, 0.1) is 10.6 Å². The van der Waals surface area contributed by atoms with Crippen molar-refractivity contribution < 1.29 is 4.39 Å². The van der Waals surface area contributed by atoms with E-state index in [9.17, 15) is 4.39 Å². The second-order valence-corrected chi connectivity index (χ2v) is 6.32. The molecule has 6 heteroatoms. The van der Waals surface area contributed by atoms with Crippen LogP contribution in [-0.4, -0.2) is 9.55 Å². The molecule has 0 bridgehead atoms. The number of nitrogens with one attached hydrogen (secondary N) is 1. The minimum atomic E-state index is -0.427. The number of aromatic amines is 1. The average molecular weight is 327 g/mol. The van der Waals surface area contributed by atoms with Crippen molar-refractivity contribution in [3.8, 4) is 0 Å². The maximum absolute atomic E-state index is 13.7. The Morgan fingerprint density at radius 1 is 1.45 bits per heavy atom. The molecular weight excluding hydrogens is 315 g/mol. The van der Waals surface area contributed by atoms with E-state index >= 15 is 0 Å². The quantitative estimate of drug-likeness (QED) is 0.659. The number of fused-ring (bicyclic) bond motifs is 1. The van der Waals surface area contributed by atoms with Crippen molar-refractivity contribution in [1.29, 1.82) is 0 Å². The number of nitrogens with zero attached hydrogens (tertiary/aromatic N) is 1. The lowest BCUT2D eigenvalue weighted by molar-refractivity contribution is 0.629. The molecule has 0 unspecified atom stereocenters. The lowest BCUT2D eigenvalue weighted by Crippen LogP contribution is -2.00. The molecule has 0 aliphatic heterocycles. The molecule has 1 aromatic carbocycles. The van der Waals surface area contributed by atoms with E-state index in [-0.39, 0.29) is 5.02 Å². The molecule has 0 aliphatic carbocycles. The first-order valence-corrected chi connectivity index (χ1v) is 7.89. The minimum Gasteiger partial charge on any atom is -0.331 e. The van der Waals surface area contributed by atoms with Crippen LogP contribution in [0.4, 0.5) is 4.39 Å². The Kier molecular flexibility index (Phi) is 3.67. The molecule has 0 spiro atoms. The van der Waals surface area contributed by atoms with E-state index in [2.05, 4.69) is 23.4 Å². The smallest absolute Gasteiger partial charge is 0.178 e. The Labute approximate surface area is 129 Å². The maximum Gasteiger partial charge on any atom is 0.178 e. The van der Waals surface area contributed by atoms with Crippen molar-refractivity contribution in [1.82, 2.24) is 9.55 Å². The van der Waals surface area contributed by atoms with Crippen LogP contribution in [0.25, 0.3) is 11.0 Å². The van der Waals surface area contributed by atoms with E-state index in [4.69, 9.17) is 23.8 Å². The van der Waals surface area contributed by atoms with E-state index in [0.717, 1.165) is 17.5 Å². The van der Waals surface area contributed by atoms with E-state index in [1.54, 1.807) is 17.4 Å². The summed E-state index contributed by atoms with van der Waals surface area (Å²) in [6.07, 6.45) is 0.981. The van der Waals surface area contributed by atoms with Crippen LogP contribution in [0.5, 0.6) is 0 Å². The van der Waals surface area contributed by atoms with Crippen molar-refractivity contribution >= 4 is 46.2 Å². The van der Waals surface area contributed by atoms with Crippen LogP contribution in [0.2, 0.25) is 5.02 Å². The van der Waals surface area contributed by atoms with Gasteiger partial charge in [0.1, 0.15) is 5.82 Å². The van der Waals surface area contributed by atoms with Gasteiger partial charge in [-0.25, -0.2) is 4.39 Å². The summed E-state index contributed by atoms with van der Waals surface area (Å²) in [6, 6.07) is 5.13. The molecule has 0 fully saturated rings. The predicted octanol–water partition coefficient (Wildman–Crippen LogP) is 5.16. The maximum atomic E-state index is 13.7. The highest BCUT2D eigenvalue weighted by Gasteiger charge is 2.11. The first kappa shape index (κ1) is 13.8. The highest BCUT2D eigenvalue weighted by molar-refractivity contribution is 7.71. The van der Waals surface area contributed by atoms with Gasteiger partial charge in [0.05, 0.1) is 22.6 Å². The van der Waals surface area contributed by atoms with Gasteiger partial charge in [-0.15, -0.1) is 11.3 Å². The number of rotatable bonds is 3. The zero-order valence-electron chi connectivity index (χ0n) is 10.7. The molecule has 2 heterocycles. The fourth-order valence-electron chi connectivity index (χ4n) is 2.27. The van der Waals surface area contributed by atoms with Gasteiger partial charge in [0.2, 0.25) is 0 Å². The van der Waals surface area contributed by atoms with Crippen LogP contribution in [0.15, 0.2) is 23.6 Å². The van der Waals surface area contributed by atoms with E-state index in [1.807, 2.05) is 4.57 Å². The van der Waals surface area contributed by atoms with E-state index in [1.165, 1.54) is 16.5 Å². The topological polar surface area (TPSA) is 20.7 Å². The summed E-state index contributed by atoms with van der Waals surface area (Å²) < 4.78 is 16.2. The van der Waals surface area contributed by atoms with Crippen LogP contribution in [-0.2, 0) is 13.0 Å². The summed E-state index contributed by atoms with van der Waals surface area (Å²) >= 11 is 12.8. The van der Waals surface area contributed by atoms with Crippen molar-refractivity contribution in [2.45, 2.75) is 19.9 Å². The van der Waals surface area contributed by atoms with Crippen molar-refractivity contribution in [2.24, 2.45) is 0 Å². The van der Waals surface area contributed by atoms with Gasteiger partial charge in [-0.05, 0) is 41.7 Å². The summed E-state index contributed by atoms with van der Waals surface area (Å²) in [6.45, 7) is 2.78. The highest BCUT2D eigenvalue weighted by Crippen LogP contribution is 2.25. The first-order valence-electron chi connectivity index (χ1n) is 6.23. The summed E-state index contributed by atoms with van der Waals surface area (Å²) in [5.74, 6) is -0.427. The average Bonchev–Trinajstić information content (AvgIpc) is 2.97. The van der Waals surface area contributed by atoms with Gasteiger partial charge in [0, 0.05) is 10.9 Å². The predicted molar refractivity (Wildman–Crippen MR) is 84.9 cm³/mol. The molecule has 104 valence electrons. The molecule has 0 radical (unpaired) electrons. The summed E-state index contributed by atoms with van der Waals surface area (Å²) in [5.41, 5.74) is 2.81. The molecule has 2 nitrogen and oxygen atoms in total. The number of H-pyrrole nitrogens is 1. The third-order valence-corrected chi connectivity index (χ3v) is 4.90. The molecule has 0 aliphatic rings. The van der Waals surface area contributed by atoms with Gasteiger partial charge in [0.25, 0.3) is 0 Å².